The van der Waals surface area contributed by atoms with Crippen LogP contribution in [0.15, 0.2) is 59.8 Å². The van der Waals surface area contributed by atoms with Gasteiger partial charge >= 0.3 is 0 Å². The van der Waals surface area contributed by atoms with Crippen LogP contribution in [0.5, 0.6) is 0 Å². The van der Waals surface area contributed by atoms with Crippen molar-refractivity contribution in [3.8, 4) is 0 Å². The molecule has 1 aromatic heterocycles. The second-order valence-corrected chi connectivity index (χ2v) is 8.25. The van der Waals surface area contributed by atoms with Gasteiger partial charge in [0, 0.05) is 43.1 Å². The minimum Gasteiger partial charge on any atom is -0.367 e. The number of sulfonamides is 1. The van der Waals surface area contributed by atoms with E-state index in [2.05, 4.69) is 9.88 Å². The second kappa shape index (κ2) is 6.86. The summed E-state index contributed by atoms with van der Waals surface area (Å²) in [5.74, 6) is -1.73. The summed E-state index contributed by atoms with van der Waals surface area (Å²) in [5, 5.41) is 2.05. The molecule has 140 valence electrons. The number of hydrogen-bond donors (Lipinski definition) is 0. The summed E-state index contributed by atoms with van der Waals surface area (Å²) in [7, 11) is -4.09. The fourth-order valence-corrected chi connectivity index (χ4v) is 4.83. The lowest BCUT2D eigenvalue weighted by Gasteiger charge is -2.35. The number of rotatable bonds is 3. The van der Waals surface area contributed by atoms with E-state index in [1.165, 1.54) is 4.31 Å². The summed E-state index contributed by atoms with van der Waals surface area (Å²) in [5.41, 5.74) is 0.932. The third kappa shape index (κ3) is 3.26. The summed E-state index contributed by atoms with van der Waals surface area (Å²) >= 11 is 0. The Morgan fingerprint density at radius 3 is 2.44 bits per heavy atom. The van der Waals surface area contributed by atoms with Gasteiger partial charge in [0.1, 0.15) is 16.5 Å². The van der Waals surface area contributed by atoms with Gasteiger partial charge in [-0.15, -0.1) is 0 Å². The predicted molar refractivity (Wildman–Crippen MR) is 99.1 cm³/mol. The van der Waals surface area contributed by atoms with Crippen LogP contribution in [0, 0.1) is 11.6 Å². The molecule has 0 bridgehead atoms. The molecule has 2 aromatic carbocycles. The topological polar surface area (TPSA) is 53.5 Å². The molecule has 0 saturated carbocycles. The molecule has 0 unspecified atom stereocenters. The van der Waals surface area contributed by atoms with Crippen LogP contribution < -0.4 is 4.90 Å². The Balaban J connectivity index is 1.57. The normalized spacial score (nSPS) is 16.0. The molecule has 1 aliphatic rings. The Hall–Kier alpha value is -2.58. The molecular weight excluding hydrogens is 372 g/mol. The maximum atomic E-state index is 13.9. The molecule has 8 heteroatoms. The van der Waals surface area contributed by atoms with E-state index in [9.17, 15) is 17.2 Å². The third-order valence-electron chi connectivity index (χ3n) is 4.74. The average Bonchev–Trinajstić information content (AvgIpc) is 2.69. The molecule has 0 spiro atoms. The highest BCUT2D eigenvalue weighted by Crippen LogP contribution is 2.28. The highest BCUT2D eigenvalue weighted by atomic mass is 32.2. The van der Waals surface area contributed by atoms with Crippen molar-refractivity contribution in [1.82, 2.24) is 9.29 Å². The van der Waals surface area contributed by atoms with Crippen molar-refractivity contribution in [3.63, 3.8) is 0 Å². The van der Waals surface area contributed by atoms with E-state index in [1.807, 2.05) is 24.3 Å². The third-order valence-corrected chi connectivity index (χ3v) is 6.65. The smallest absolute Gasteiger partial charge is 0.246 e. The van der Waals surface area contributed by atoms with Gasteiger partial charge in [0.05, 0.1) is 11.9 Å². The first kappa shape index (κ1) is 17.8. The number of aromatic nitrogens is 1. The van der Waals surface area contributed by atoms with Gasteiger partial charge in [-0.1, -0.05) is 24.3 Å². The van der Waals surface area contributed by atoms with Crippen molar-refractivity contribution >= 4 is 26.5 Å². The molecule has 0 amide bonds. The van der Waals surface area contributed by atoms with Crippen molar-refractivity contribution in [2.45, 2.75) is 4.90 Å². The van der Waals surface area contributed by atoms with Gasteiger partial charge in [0.2, 0.25) is 10.0 Å². The minimum atomic E-state index is -4.09. The van der Waals surface area contributed by atoms with Gasteiger partial charge in [-0.25, -0.2) is 17.2 Å². The minimum absolute atomic E-state index is 0.182. The van der Waals surface area contributed by atoms with Gasteiger partial charge in [-0.05, 0) is 18.2 Å². The van der Waals surface area contributed by atoms with Gasteiger partial charge in [-0.3, -0.25) is 4.98 Å². The first-order chi connectivity index (χ1) is 13.0. The molecule has 1 fully saturated rings. The summed E-state index contributed by atoms with van der Waals surface area (Å²) < 4.78 is 54.0. The largest absolute Gasteiger partial charge is 0.367 e. The molecule has 0 radical (unpaired) electrons. The number of fused-ring (bicyclic) bond motifs is 1. The maximum Gasteiger partial charge on any atom is 0.246 e. The highest BCUT2D eigenvalue weighted by molar-refractivity contribution is 7.89. The van der Waals surface area contributed by atoms with Crippen molar-refractivity contribution in [2.24, 2.45) is 0 Å². The van der Waals surface area contributed by atoms with E-state index >= 15 is 0 Å². The van der Waals surface area contributed by atoms with Gasteiger partial charge in [0.25, 0.3) is 0 Å². The summed E-state index contributed by atoms with van der Waals surface area (Å²) in [6.07, 6.45) is 3.55. The van der Waals surface area contributed by atoms with E-state index in [-0.39, 0.29) is 13.1 Å². The van der Waals surface area contributed by atoms with Crippen LogP contribution in [-0.2, 0) is 10.0 Å². The van der Waals surface area contributed by atoms with E-state index in [1.54, 1.807) is 12.4 Å². The Bertz CT molecular complexity index is 1090. The molecule has 0 N–H and O–H groups in total. The fraction of sp³-hybridized carbons (Fsp3) is 0.211. The lowest BCUT2D eigenvalue weighted by Crippen LogP contribution is -2.48. The maximum absolute atomic E-state index is 13.9. The van der Waals surface area contributed by atoms with Crippen LogP contribution >= 0.6 is 0 Å². The van der Waals surface area contributed by atoms with Crippen LogP contribution in [0.2, 0.25) is 0 Å². The number of anilines is 1. The Labute approximate surface area is 155 Å². The number of halogens is 2. The predicted octanol–water partition coefficient (Wildman–Crippen LogP) is 3.02. The van der Waals surface area contributed by atoms with Crippen LogP contribution in [0.1, 0.15) is 0 Å². The molecular formula is C19H17F2N3O2S. The van der Waals surface area contributed by atoms with Gasteiger partial charge in [0.15, 0.2) is 0 Å². The lowest BCUT2D eigenvalue weighted by molar-refractivity contribution is 0.382. The van der Waals surface area contributed by atoms with Crippen LogP contribution in [-0.4, -0.2) is 43.9 Å². The van der Waals surface area contributed by atoms with E-state index in [0.29, 0.717) is 13.1 Å². The zero-order valence-corrected chi connectivity index (χ0v) is 15.2. The number of pyridine rings is 1. The van der Waals surface area contributed by atoms with E-state index in [4.69, 9.17) is 0 Å². The van der Waals surface area contributed by atoms with E-state index < -0.39 is 26.6 Å². The highest BCUT2D eigenvalue weighted by Gasteiger charge is 2.31. The van der Waals surface area contributed by atoms with Crippen LogP contribution in [0.3, 0.4) is 0 Å². The lowest BCUT2D eigenvalue weighted by atomic mass is 10.1. The molecule has 5 nitrogen and oxygen atoms in total. The number of benzene rings is 2. The monoisotopic (exact) mass is 389 g/mol. The molecule has 1 saturated heterocycles. The summed E-state index contributed by atoms with van der Waals surface area (Å²) in [4.78, 5) is 5.70. The van der Waals surface area contributed by atoms with Crippen molar-refractivity contribution in [3.05, 3.63) is 66.5 Å². The molecule has 27 heavy (non-hydrogen) atoms. The molecule has 3 aromatic rings. The zero-order valence-electron chi connectivity index (χ0n) is 14.3. The van der Waals surface area contributed by atoms with Gasteiger partial charge in [-0.2, -0.15) is 4.31 Å². The number of hydrogen-bond acceptors (Lipinski definition) is 4. The van der Waals surface area contributed by atoms with Crippen LogP contribution in [0.4, 0.5) is 14.5 Å². The first-order valence-corrected chi connectivity index (χ1v) is 9.94. The fourth-order valence-electron chi connectivity index (χ4n) is 3.34. The standard InChI is InChI=1S/C19H17F2N3O2S/c20-15-5-6-17(21)19(11-15)27(25,26)24-9-7-23(8-10-24)18-13-22-12-14-3-1-2-4-16(14)18/h1-6,11-13H,7-10H2. The summed E-state index contributed by atoms with van der Waals surface area (Å²) in [6.45, 7) is 1.24. The van der Waals surface area contributed by atoms with Crippen molar-refractivity contribution in [2.75, 3.05) is 31.1 Å². The Kier molecular flexibility index (Phi) is 4.53. The number of nitrogens with zero attached hydrogens (tertiary/aromatic N) is 3. The Morgan fingerprint density at radius 1 is 0.926 bits per heavy atom. The second-order valence-electron chi connectivity index (χ2n) is 6.35. The van der Waals surface area contributed by atoms with Crippen molar-refractivity contribution in [1.29, 1.82) is 0 Å². The molecule has 4 rings (SSSR count). The number of piperazine rings is 1. The average molecular weight is 389 g/mol. The SMILES string of the molecule is O=S(=O)(c1cc(F)ccc1F)N1CCN(c2cncc3ccccc23)CC1. The molecule has 1 aliphatic heterocycles. The van der Waals surface area contributed by atoms with Gasteiger partial charge < -0.3 is 4.90 Å². The summed E-state index contributed by atoms with van der Waals surface area (Å²) in [6, 6.07) is 10.3. The Morgan fingerprint density at radius 2 is 1.67 bits per heavy atom. The van der Waals surface area contributed by atoms with Crippen LogP contribution in [0.25, 0.3) is 10.8 Å². The zero-order chi connectivity index (χ0) is 19.0. The molecule has 0 aliphatic carbocycles. The first-order valence-electron chi connectivity index (χ1n) is 8.50. The quantitative estimate of drug-likeness (QED) is 0.691. The molecule has 0 atom stereocenters. The van der Waals surface area contributed by atoms with E-state index in [0.717, 1.165) is 34.7 Å². The molecule has 2 heterocycles. The van der Waals surface area contributed by atoms with Crippen molar-refractivity contribution < 1.29 is 17.2 Å².